The van der Waals surface area contributed by atoms with Crippen LogP contribution in [0, 0.1) is 6.92 Å². The molecule has 0 heterocycles. The van der Waals surface area contributed by atoms with Gasteiger partial charge in [0.15, 0.2) is 6.61 Å². The minimum absolute atomic E-state index is 0. The second-order valence-corrected chi connectivity index (χ2v) is 7.42. The van der Waals surface area contributed by atoms with Crippen LogP contribution in [0.25, 0.3) is 0 Å². The first kappa shape index (κ1) is 29.5. The van der Waals surface area contributed by atoms with Crippen molar-refractivity contribution in [2.75, 3.05) is 25.6 Å². The molecule has 180 valence electrons. The van der Waals surface area contributed by atoms with Crippen LogP contribution in [0.5, 0.6) is 11.5 Å². The van der Waals surface area contributed by atoms with Gasteiger partial charge < -0.3 is 30.3 Å². The van der Waals surface area contributed by atoms with Gasteiger partial charge in [-0.05, 0) is 61.9 Å². The zero-order chi connectivity index (χ0) is 22.1. The third kappa shape index (κ3) is 9.77. The smallest absolute Gasteiger partial charge is 0.416 e. The predicted octanol–water partition coefficient (Wildman–Crippen LogP) is 3.40. The molecule has 0 aliphatic rings. The van der Waals surface area contributed by atoms with Crippen LogP contribution < -0.4 is 9.47 Å². The van der Waals surface area contributed by atoms with Crippen LogP contribution in [0.2, 0.25) is 0 Å². The molecule has 0 radical (unpaired) electrons. The van der Waals surface area contributed by atoms with E-state index in [1.54, 1.807) is 6.07 Å². The summed E-state index contributed by atoms with van der Waals surface area (Å²) in [7, 11) is 0. The molecule has 2 aromatic rings. The number of benzene rings is 2. The number of rotatable bonds is 11. The first-order valence-electron chi connectivity index (χ1n) is 9.18. The Morgan fingerprint density at radius 3 is 2.28 bits per heavy atom. The predicted molar refractivity (Wildman–Crippen MR) is 115 cm³/mol. The molecular weight excluding hydrogens is 453 g/mol. The highest BCUT2D eigenvalue weighted by Gasteiger charge is 2.30. The lowest BCUT2D eigenvalue weighted by Crippen LogP contribution is -2.24. The first-order valence-corrected chi connectivity index (χ1v) is 10.2. The van der Waals surface area contributed by atoms with Crippen molar-refractivity contribution in [1.29, 1.82) is 0 Å². The number of thioether (sulfide) groups is 1. The Labute approximate surface area is 188 Å². The van der Waals surface area contributed by atoms with Crippen molar-refractivity contribution in [3.8, 4) is 11.5 Å². The molecule has 2 aromatic carbocycles. The van der Waals surface area contributed by atoms with E-state index in [1.165, 1.54) is 23.9 Å². The lowest BCUT2D eigenvalue weighted by atomic mass is 10.2. The monoisotopic (exact) mass is 480 g/mol. The lowest BCUT2D eigenvalue weighted by Gasteiger charge is -2.18. The second-order valence-electron chi connectivity index (χ2n) is 6.33. The molecule has 0 aliphatic carbocycles. The van der Waals surface area contributed by atoms with Crippen LogP contribution in [0.4, 0.5) is 13.2 Å². The van der Waals surface area contributed by atoms with Gasteiger partial charge in [-0.3, -0.25) is 0 Å². The van der Waals surface area contributed by atoms with Crippen LogP contribution in [0.1, 0.15) is 18.1 Å². The normalized spacial score (nSPS) is 11.7. The highest BCUT2D eigenvalue weighted by Crippen LogP contribution is 2.30. The Bertz CT molecular complexity index is 829. The maximum Gasteiger partial charge on any atom is 0.416 e. The molecule has 0 aliphatic heterocycles. The summed E-state index contributed by atoms with van der Waals surface area (Å²) >= 11 is 1.53. The molecule has 32 heavy (non-hydrogen) atoms. The van der Waals surface area contributed by atoms with Crippen molar-refractivity contribution in [2.45, 2.75) is 31.0 Å². The van der Waals surface area contributed by atoms with E-state index in [0.717, 1.165) is 22.6 Å². The summed E-state index contributed by atoms with van der Waals surface area (Å²) in [6, 6.07) is 9.98. The minimum atomic E-state index is -4.38. The fourth-order valence-electron chi connectivity index (χ4n) is 2.51. The van der Waals surface area contributed by atoms with Crippen LogP contribution in [-0.2, 0) is 15.7 Å². The molecule has 0 spiro atoms. The van der Waals surface area contributed by atoms with Crippen molar-refractivity contribution < 1.29 is 48.2 Å². The number of aryl methyl sites for hydroxylation is 1. The van der Waals surface area contributed by atoms with Gasteiger partial charge in [0.1, 0.15) is 24.2 Å². The first-order chi connectivity index (χ1) is 14.2. The quantitative estimate of drug-likeness (QED) is 0.491. The maximum atomic E-state index is 12.6. The van der Waals surface area contributed by atoms with Gasteiger partial charge >= 0.3 is 12.1 Å². The zero-order valence-electron chi connectivity index (χ0n) is 17.6. The average molecular weight is 481 g/mol. The van der Waals surface area contributed by atoms with Crippen molar-refractivity contribution in [3.05, 3.63) is 53.6 Å². The third-order valence-corrected chi connectivity index (χ3v) is 5.08. The molecule has 0 amide bonds. The summed E-state index contributed by atoms with van der Waals surface area (Å²) in [4.78, 5) is 11.6. The van der Waals surface area contributed by atoms with E-state index in [1.807, 2.05) is 26.0 Å². The highest BCUT2D eigenvalue weighted by atomic mass is 32.2. The topological polar surface area (TPSA) is 128 Å². The number of carboxylic acid groups (broad SMARTS) is 1. The molecular formula is C21H27F3O7S. The fourth-order valence-corrected chi connectivity index (χ4v) is 3.51. The number of carbonyl (C=O) groups is 1. The van der Waals surface area contributed by atoms with Crippen molar-refractivity contribution >= 4 is 17.7 Å². The minimum Gasteiger partial charge on any atom is -0.491 e. The molecule has 1 atom stereocenters. The highest BCUT2D eigenvalue weighted by molar-refractivity contribution is 7.99. The van der Waals surface area contributed by atoms with Gasteiger partial charge in [-0.2, -0.15) is 13.2 Å². The Balaban J connectivity index is 0.00000480. The molecule has 0 unspecified atom stereocenters. The summed E-state index contributed by atoms with van der Waals surface area (Å²) in [6.45, 7) is 3.96. The fraction of sp³-hybridized carbons (Fsp3) is 0.381. The summed E-state index contributed by atoms with van der Waals surface area (Å²) in [6.07, 6.45) is -4.64. The number of ether oxygens (including phenoxy) is 3. The number of halogens is 3. The number of carboxylic acids is 1. The van der Waals surface area contributed by atoms with Gasteiger partial charge in [-0.1, -0.05) is 0 Å². The second kappa shape index (κ2) is 13.8. The number of aliphatic carboxylic acids is 1. The van der Waals surface area contributed by atoms with Crippen LogP contribution in [0.15, 0.2) is 47.4 Å². The standard InChI is InChI=1S/C21H23F3O5S.2H2O/c1-3-27-17(11-28-16-6-4-15(5-7-16)21(22,23)24)13-30-18-8-9-19(14(2)10-18)29-12-20(25)26;;/h4-10,17H,3,11-13H2,1-2H3,(H,25,26);2*1H2/t17-;;/m1../s1. The molecule has 5 N–H and O–H groups in total. The Morgan fingerprint density at radius 1 is 1.09 bits per heavy atom. The van der Waals surface area contributed by atoms with E-state index < -0.39 is 24.3 Å². The van der Waals surface area contributed by atoms with Crippen LogP contribution >= 0.6 is 11.8 Å². The van der Waals surface area contributed by atoms with E-state index >= 15 is 0 Å². The van der Waals surface area contributed by atoms with Gasteiger partial charge in [0.2, 0.25) is 0 Å². The lowest BCUT2D eigenvalue weighted by molar-refractivity contribution is -0.139. The van der Waals surface area contributed by atoms with Crippen LogP contribution in [0.3, 0.4) is 0 Å². The van der Waals surface area contributed by atoms with E-state index in [2.05, 4.69) is 0 Å². The SMILES string of the molecule is CCO[C@H](COc1ccc(C(F)(F)F)cc1)CSc1ccc(OCC(=O)O)c(C)c1.O.O. The maximum absolute atomic E-state index is 12.6. The number of hydrogen-bond acceptors (Lipinski definition) is 5. The van der Waals surface area contributed by atoms with Crippen molar-refractivity contribution in [2.24, 2.45) is 0 Å². The van der Waals surface area contributed by atoms with Crippen molar-refractivity contribution in [3.63, 3.8) is 0 Å². The molecule has 11 heteroatoms. The Hall–Kier alpha value is -2.47. The Morgan fingerprint density at radius 2 is 1.75 bits per heavy atom. The number of alkyl halides is 3. The molecule has 0 saturated heterocycles. The van der Waals surface area contributed by atoms with Crippen LogP contribution in [-0.4, -0.2) is 53.7 Å². The molecule has 0 aromatic heterocycles. The summed E-state index contributed by atoms with van der Waals surface area (Å²) < 4.78 is 54.4. The third-order valence-electron chi connectivity index (χ3n) is 3.95. The largest absolute Gasteiger partial charge is 0.491 e. The van der Waals surface area contributed by atoms with E-state index in [-0.39, 0.29) is 23.7 Å². The molecule has 2 rings (SSSR count). The van der Waals surface area contributed by atoms with Gasteiger partial charge in [0, 0.05) is 17.3 Å². The van der Waals surface area contributed by atoms with Gasteiger partial charge in [0.25, 0.3) is 0 Å². The summed E-state index contributed by atoms with van der Waals surface area (Å²) in [5.41, 5.74) is 0.0909. The molecule has 0 saturated carbocycles. The zero-order valence-corrected chi connectivity index (χ0v) is 18.4. The average Bonchev–Trinajstić information content (AvgIpc) is 2.69. The van der Waals surface area contributed by atoms with E-state index in [4.69, 9.17) is 19.3 Å². The van der Waals surface area contributed by atoms with Gasteiger partial charge in [0.05, 0.1) is 5.56 Å². The van der Waals surface area contributed by atoms with Crippen molar-refractivity contribution in [1.82, 2.24) is 0 Å². The van der Waals surface area contributed by atoms with E-state index in [9.17, 15) is 18.0 Å². The number of hydrogen-bond donors (Lipinski definition) is 1. The molecule has 0 bridgehead atoms. The Kier molecular flexibility index (Phi) is 12.8. The summed E-state index contributed by atoms with van der Waals surface area (Å²) in [5, 5.41) is 8.69. The van der Waals surface area contributed by atoms with E-state index in [0.29, 0.717) is 23.9 Å². The molecule has 0 fully saturated rings. The molecule has 7 nitrogen and oxygen atoms in total. The van der Waals surface area contributed by atoms with Gasteiger partial charge in [-0.15, -0.1) is 11.8 Å². The summed E-state index contributed by atoms with van der Waals surface area (Å²) in [5.74, 6) is 0.381. The van der Waals surface area contributed by atoms with Gasteiger partial charge in [-0.25, -0.2) is 4.79 Å².